The molecule has 4 aromatic rings. The topological polar surface area (TPSA) is 49.4 Å². The predicted octanol–water partition coefficient (Wildman–Crippen LogP) is 7.07. The fourth-order valence-corrected chi connectivity index (χ4v) is 4.23. The van der Waals surface area contributed by atoms with Crippen molar-refractivity contribution < 1.29 is 9.59 Å². The summed E-state index contributed by atoms with van der Waals surface area (Å²) in [5.74, 6) is -0.595. The zero-order valence-corrected chi connectivity index (χ0v) is 18.8. The molecule has 0 fully saturated rings. The Labute approximate surface area is 196 Å². The molecule has 0 radical (unpaired) electrons. The minimum absolute atomic E-state index is 0.157. The normalized spacial score (nSPS) is 10.7. The maximum atomic E-state index is 13.4. The molecule has 2 amide bonds. The third-order valence-electron chi connectivity index (χ3n) is 5.18. The number of carbonyl (C=O) groups excluding carboxylic acids is 2. The van der Waals surface area contributed by atoms with Crippen LogP contribution < -0.4 is 10.2 Å². The van der Waals surface area contributed by atoms with Crippen LogP contribution in [0.1, 0.15) is 27.6 Å². The summed E-state index contributed by atoms with van der Waals surface area (Å²) in [6.45, 7) is 2.43. The molecule has 0 bridgehead atoms. The van der Waals surface area contributed by atoms with Gasteiger partial charge in [0.1, 0.15) is 0 Å². The highest BCUT2D eigenvalue weighted by atomic mass is 35.5. The van der Waals surface area contributed by atoms with E-state index in [2.05, 4.69) is 5.32 Å². The lowest BCUT2D eigenvalue weighted by Gasteiger charge is -2.23. The summed E-state index contributed by atoms with van der Waals surface area (Å²) in [7, 11) is 0. The maximum absolute atomic E-state index is 13.4. The molecule has 0 aliphatic rings. The van der Waals surface area contributed by atoms with Gasteiger partial charge in [-0.3, -0.25) is 9.59 Å². The van der Waals surface area contributed by atoms with E-state index in [4.69, 9.17) is 23.2 Å². The Balaban J connectivity index is 1.63. The molecular weight excluding hydrogens is 443 g/mol. The number of hydrogen-bond acceptors (Lipinski definition) is 2. The van der Waals surface area contributed by atoms with E-state index in [1.807, 2.05) is 49.4 Å². The van der Waals surface area contributed by atoms with Crippen molar-refractivity contribution in [2.24, 2.45) is 0 Å². The number of fused-ring (bicyclic) bond motifs is 1. The monoisotopic (exact) mass is 462 g/mol. The molecule has 0 saturated heterocycles. The molecule has 0 aromatic heterocycles. The molecule has 0 atom stereocenters. The van der Waals surface area contributed by atoms with Crippen molar-refractivity contribution in [3.05, 3.63) is 106 Å². The second-order valence-corrected chi connectivity index (χ2v) is 7.99. The van der Waals surface area contributed by atoms with Gasteiger partial charge in [0.05, 0.1) is 21.3 Å². The third-order valence-corrected chi connectivity index (χ3v) is 5.81. The highest BCUT2D eigenvalue weighted by Gasteiger charge is 2.19. The van der Waals surface area contributed by atoms with Crippen LogP contribution in [0.4, 0.5) is 11.4 Å². The fourth-order valence-electron chi connectivity index (χ4n) is 3.66. The molecule has 1 N–H and O–H groups in total. The summed E-state index contributed by atoms with van der Waals surface area (Å²) >= 11 is 12.3. The van der Waals surface area contributed by atoms with E-state index in [1.54, 1.807) is 47.4 Å². The van der Waals surface area contributed by atoms with Crippen LogP contribution in [0.15, 0.2) is 84.9 Å². The van der Waals surface area contributed by atoms with Crippen LogP contribution in [-0.2, 0) is 0 Å². The zero-order chi connectivity index (χ0) is 22.7. The number of rotatable bonds is 5. The number of nitrogens with one attached hydrogen (secondary N) is 1. The first-order chi connectivity index (χ1) is 15.5. The number of anilines is 2. The number of carbonyl (C=O) groups is 2. The van der Waals surface area contributed by atoms with Gasteiger partial charge in [0.15, 0.2) is 0 Å². The molecule has 0 aliphatic carbocycles. The van der Waals surface area contributed by atoms with Crippen LogP contribution in [-0.4, -0.2) is 18.4 Å². The van der Waals surface area contributed by atoms with Crippen molar-refractivity contribution in [1.29, 1.82) is 0 Å². The Hall–Kier alpha value is -3.34. The Kier molecular flexibility index (Phi) is 6.45. The van der Waals surface area contributed by atoms with Crippen molar-refractivity contribution in [2.45, 2.75) is 6.92 Å². The molecule has 6 heteroatoms. The van der Waals surface area contributed by atoms with Gasteiger partial charge in [-0.1, -0.05) is 71.7 Å². The second kappa shape index (κ2) is 9.43. The Morgan fingerprint density at radius 2 is 1.50 bits per heavy atom. The molecule has 4 aromatic carbocycles. The summed E-state index contributed by atoms with van der Waals surface area (Å²) in [5.41, 5.74) is 1.97. The first-order valence-electron chi connectivity index (χ1n) is 10.1. The van der Waals surface area contributed by atoms with E-state index in [1.165, 1.54) is 0 Å². The lowest BCUT2D eigenvalue weighted by molar-refractivity contribution is 0.0985. The van der Waals surface area contributed by atoms with Crippen molar-refractivity contribution in [1.82, 2.24) is 0 Å². The Bertz CT molecular complexity index is 1290. The third kappa shape index (κ3) is 4.33. The van der Waals surface area contributed by atoms with Crippen molar-refractivity contribution >= 4 is 57.2 Å². The number of benzene rings is 4. The van der Waals surface area contributed by atoms with Crippen LogP contribution in [0.2, 0.25) is 10.0 Å². The van der Waals surface area contributed by atoms with Gasteiger partial charge in [-0.25, -0.2) is 0 Å². The summed E-state index contributed by atoms with van der Waals surface area (Å²) in [4.78, 5) is 27.9. The van der Waals surface area contributed by atoms with E-state index in [9.17, 15) is 9.59 Å². The van der Waals surface area contributed by atoms with Crippen LogP contribution in [0.5, 0.6) is 0 Å². The molecule has 4 nitrogen and oxygen atoms in total. The maximum Gasteiger partial charge on any atom is 0.258 e. The van der Waals surface area contributed by atoms with E-state index in [-0.39, 0.29) is 21.5 Å². The van der Waals surface area contributed by atoms with Gasteiger partial charge in [0.25, 0.3) is 11.8 Å². The molecule has 0 heterocycles. The fraction of sp³-hybridized carbons (Fsp3) is 0.0769. The van der Waals surface area contributed by atoms with Gasteiger partial charge in [0.2, 0.25) is 0 Å². The first-order valence-corrected chi connectivity index (χ1v) is 10.9. The largest absolute Gasteiger partial charge is 0.322 e. The van der Waals surface area contributed by atoms with E-state index in [0.717, 1.165) is 16.5 Å². The first kappa shape index (κ1) is 21.9. The molecule has 4 rings (SSSR count). The summed E-state index contributed by atoms with van der Waals surface area (Å²) in [5, 5.41) is 5.37. The van der Waals surface area contributed by atoms with E-state index in [0.29, 0.717) is 17.8 Å². The van der Waals surface area contributed by atoms with Gasteiger partial charge >= 0.3 is 0 Å². The number of hydrogen-bond donors (Lipinski definition) is 1. The van der Waals surface area contributed by atoms with Crippen LogP contribution in [0, 0.1) is 0 Å². The minimum Gasteiger partial charge on any atom is -0.322 e. The van der Waals surface area contributed by atoms with Gasteiger partial charge in [-0.15, -0.1) is 0 Å². The average Bonchev–Trinajstić information content (AvgIpc) is 2.79. The van der Waals surface area contributed by atoms with Crippen molar-refractivity contribution in [3.8, 4) is 0 Å². The van der Waals surface area contributed by atoms with Gasteiger partial charge in [-0.05, 0) is 48.7 Å². The van der Waals surface area contributed by atoms with Crippen LogP contribution in [0.3, 0.4) is 0 Å². The van der Waals surface area contributed by atoms with Crippen LogP contribution >= 0.6 is 23.2 Å². The van der Waals surface area contributed by atoms with E-state index >= 15 is 0 Å². The zero-order valence-electron chi connectivity index (χ0n) is 17.3. The molecule has 0 aliphatic heterocycles. The number of halogens is 2. The molecule has 0 spiro atoms. The smallest absolute Gasteiger partial charge is 0.258 e. The Morgan fingerprint density at radius 3 is 2.25 bits per heavy atom. The van der Waals surface area contributed by atoms with E-state index < -0.39 is 5.91 Å². The highest BCUT2D eigenvalue weighted by Crippen LogP contribution is 2.29. The van der Waals surface area contributed by atoms with Crippen LogP contribution in [0.25, 0.3) is 10.8 Å². The summed E-state index contributed by atoms with van der Waals surface area (Å²) < 4.78 is 0. The lowest BCUT2D eigenvalue weighted by atomic mass is 10.1. The summed E-state index contributed by atoms with van der Waals surface area (Å²) in [6.07, 6.45) is 0. The average molecular weight is 463 g/mol. The standard InChI is InChI=1S/C26H20Cl2N2O2/c1-2-30(23-15-6-9-17-8-3-4-12-20(17)23)26(32)18-10-5-11-19(16-18)29-25(31)24-21(27)13-7-14-22(24)28/h3-16H,2H2,1H3,(H,29,31). The van der Waals surface area contributed by atoms with Crippen molar-refractivity contribution in [2.75, 3.05) is 16.8 Å². The highest BCUT2D eigenvalue weighted by molar-refractivity contribution is 6.40. The van der Waals surface area contributed by atoms with Gasteiger partial charge in [-0.2, -0.15) is 0 Å². The molecule has 160 valence electrons. The molecular formula is C26H20Cl2N2O2. The lowest BCUT2D eigenvalue weighted by Crippen LogP contribution is -2.30. The Morgan fingerprint density at radius 1 is 0.844 bits per heavy atom. The van der Waals surface area contributed by atoms with Gasteiger partial charge in [0, 0.05) is 23.2 Å². The number of nitrogens with zero attached hydrogens (tertiary/aromatic N) is 1. The molecule has 32 heavy (non-hydrogen) atoms. The predicted molar refractivity (Wildman–Crippen MR) is 132 cm³/mol. The van der Waals surface area contributed by atoms with Gasteiger partial charge < -0.3 is 10.2 Å². The SMILES string of the molecule is CCN(C(=O)c1cccc(NC(=O)c2c(Cl)cccc2Cl)c1)c1cccc2ccccc12. The molecule has 0 saturated carbocycles. The molecule has 0 unspecified atom stereocenters. The quantitative estimate of drug-likeness (QED) is 0.344. The second-order valence-electron chi connectivity index (χ2n) is 7.18. The summed E-state index contributed by atoms with van der Waals surface area (Å²) in [6, 6.07) is 25.6. The van der Waals surface area contributed by atoms with Crippen molar-refractivity contribution in [3.63, 3.8) is 0 Å². The minimum atomic E-state index is -0.438. The number of amides is 2.